The van der Waals surface area contributed by atoms with Crippen molar-refractivity contribution in [2.45, 2.75) is 64.4 Å². The van der Waals surface area contributed by atoms with Crippen LogP contribution in [0.2, 0.25) is 0 Å². The van der Waals surface area contributed by atoms with E-state index in [2.05, 4.69) is 41.5 Å². The molecule has 0 fully saturated rings. The average Bonchev–Trinajstić information content (AvgIpc) is 3.06. The molecule has 47 heavy (non-hydrogen) atoms. The third-order valence-electron chi connectivity index (χ3n) is 8.85. The van der Waals surface area contributed by atoms with E-state index in [4.69, 9.17) is 4.74 Å². The summed E-state index contributed by atoms with van der Waals surface area (Å²) >= 11 is 0. The molecule has 0 spiro atoms. The van der Waals surface area contributed by atoms with Crippen molar-refractivity contribution in [1.29, 1.82) is 0 Å². The summed E-state index contributed by atoms with van der Waals surface area (Å²) in [6, 6.07) is 17.3. The first-order chi connectivity index (χ1) is 22.8. The Bertz CT molecular complexity index is 1550. The molecule has 0 heterocycles. The normalized spacial score (nSPS) is 15.4. The molecular weight excluding hydrogens is 592 g/mol. The summed E-state index contributed by atoms with van der Waals surface area (Å²) in [6.45, 7) is 9.12. The number of benzene rings is 3. The Morgan fingerprint density at radius 2 is 1.68 bits per heavy atom. The van der Waals surface area contributed by atoms with Crippen LogP contribution in [0.25, 0.3) is 21.9 Å². The van der Waals surface area contributed by atoms with E-state index in [1.54, 1.807) is 12.3 Å². The first kappa shape index (κ1) is 35.7. The molecule has 0 aromatic heterocycles. The number of aliphatic hydroxyl groups is 2. The zero-order chi connectivity index (χ0) is 33.6. The minimum Gasteiger partial charge on any atom is -0.512 e. The summed E-state index contributed by atoms with van der Waals surface area (Å²) in [4.78, 5) is 11.4. The van der Waals surface area contributed by atoms with Gasteiger partial charge in [-0.25, -0.2) is 4.79 Å². The second kappa shape index (κ2) is 18.3. The molecule has 2 unspecified atom stereocenters. The fourth-order valence-electron chi connectivity index (χ4n) is 6.04. The van der Waals surface area contributed by atoms with Crippen molar-refractivity contribution in [3.05, 3.63) is 101 Å². The molecule has 3 aromatic carbocycles. The van der Waals surface area contributed by atoms with Gasteiger partial charge in [-0.05, 0) is 90.5 Å². The van der Waals surface area contributed by atoms with Gasteiger partial charge in [0.15, 0.2) is 0 Å². The van der Waals surface area contributed by atoms with Crippen LogP contribution >= 0.6 is 0 Å². The number of carboxylic acids is 1. The maximum Gasteiger partial charge on any atom is 0.339 e. The number of hydrogen-bond donors (Lipinski definition) is 6. The van der Waals surface area contributed by atoms with Gasteiger partial charge in [-0.2, -0.15) is 0 Å². The first-order valence-electron chi connectivity index (χ1n) is 16.8. The SMILES string of the molecule is C=CNCC1=C(O)CC(C)C(C(O)CNCCCCCCOCCCCc2ccc(-c3ccc4ccc(C(=O)O)c(O)c4c3)cc2)=C1. The lowest BCUT2D eigenvalue weighted by Crippen LogP contribution is -2.32. The number of unbranched alkanes of at least 4 members (excludes halogenated alkanes) is 4. The molecule has 4 rings (SSSR count). The quantitative estimate of drug-likeness (QED) is 0.0710. The molecule has 0 saturated heterocycles. The predicted octanol–water partition coefficient (Wildman–Crippen LogP) is 7.27. The molecule has 0 amide bonds. The van der Waals surface area contributed by atoms with Crippen molar-refractivity contribution in [1.82, 2.24) is 10.6 Å². The van der Waals surface area contributed by atoms with Crippen LogP contribution in [0.5, 0.6) is 5.75 Å². The molecule has 0 radical (unpaired) electrons. The summed E-state index contributed by atoms with van der Waals surface area (Å²) in [7, 11) is 0. The lowest BCUT2D eigenvalue weighted by atomic mass is 9.85. The van der Waals surface area contributed by atoms with E-state index in [-0.39, 0.29) is 17.2 Å². The average molecular weight is 643 g/mol. The Kier molecular flexibility index (Phi) is 13.9. The van der Waals surface area contributed by atoms with Gasteiger partial charge in [0.2, 0.25) is 0 Å². The summed E-state index contributed by atoms with van der Waals surface area (Å²) in [5.74, 6) is -0.848. The topological polar surface area (TPSA) is 131 Å². The Labute approximate surface area is 278 Å². The number of carbonyl (C=O) groups is 1. The third kappa shape index (κ3) is 10.4. The lowest BCUT2D eigenvalue weighted by molar-refractivity contribution is 0.0694. The number of hydrogen-bond acceptors (Lipinski definition) is 7. The highest BCUT2D eigenvalue weighted by Crippen LogP contribution is 2.33. The maximum atomic E-state index is 11.4. The largest absolute Gasteiger partial charge is 0.512 e. The van der Waals surface area contributed by atoms with Crippen molar-refractivity contribution in [3.8, 4) is 16.9 Å². The molecule has 8 nitrogen and oxygen atoms in total. The number of ether oxygens (including phenoxy) is 1. The molecule has 252 valence electrons. The van der Waals surface area contributed by atoms with E-state index in [0.717, 1.165) is 92.4 Å². The Morgan fingerprint density at radius 1 is 0.979 bits per heavy atom. The number of allylic oxidation sites excluding steroid dienone is 1. The monoisotopic (exact) mass is 642 g/mol. The van der Waals surface area contributed by atoms with Gasteiger partial charge in [-0.1, -0.05) is 74.9 Å². The highest BCUT2D eigenvalue weighted by Gasteiger charge is 2.24. The van der Waals surface area contributed by atoms with Gasteiger partial charge in [-0.3, -0.25) is 0 Å². The van der Waals surface area contributed by atoms with Crippen LogP contribution in [0.3, 0.4) is 0 Å². The minimum absolute atomic E-state index is 0.0944. The number of nitrogens with one attached hydrogen (secondary N) is 2. The van der Waals surface area contributed by atoms with Crippen LogP contribution in [0.4, 0.5) is 0 Å². The standard InChI is InChI=1S/C39H50N2O6/c1-3-40-25-32-24-34(27(2)22-36(32)42)37(43)26-41-19-7-4-5-8-20-47-21-9-6-10-28-11-13-29(14-12-28)31-16-15-30-17-18-33(39(45)46)38(44)35(30)23-31/h3,11-18,23-24,27,37,40-44H,1,4-10,19-22,25-26H2,2H3,(H,45,46). The molecule has 3 aromatic rings. The van der Waals surface area contributed by atoms with E-state index in [1.165, 1.54) is 11.6 Å². The molecule has 8 heteroatoms. The summed E-state index contributed by atoms with van der Waals surface area (Å²) in [5, 5.41) is 48.4. The highest BCUT2D eigenvalue weighted by molar-refractivity contribution is 6.01. The first-order valence-corrected chi connectivity index (χ1v) is 16.8. The Hall–Kier alpha value is -4.11. The summed E-state index contributed by atoms with van der Waals surface area (Å²) in [6.07, 6.45) is 10.9. The van der Waals surface area contributed by atoms with Crippen molar-refractivity contribution in [2.75, 3.05) is 32.8 Å². The number of fused-ring (bicyclic) bond motifs is 1. The number of aryl methyl sites for hydroxylation is 1. The molecule has 6 N–H and O–H groups in total. The fraction of sp³-hybridized carbons (Fsp3) is 0.410. The van der Waals surface area contributed by atoms with Gasteiger partial charge >= 0.3 is 5.97 Å². The van der Waals surface area contributed by atoms with E-state index < -0.39 is 12.1 Å². The summed E-state index contributed by atoms with van der Waals surface area (Å²) in [5.41, 5.74) is 4.89. The molecule has 0 saturated carbocycles. The number of aliphatic hydroxyl groups excluding tert-OH is 2. The number of aromatic carboxylic acids is 1. The third-order valence-corrected chi connectivity index (χ3v) is 8.85. The van der Waals surface area contributed by atoms with E-state index in [0.29, 0.717) is 30.7 Å². The van der Waals surface area contributed by atoms with Crippen LogP contribution in [0, 0.1) is 5.92 Å². The van der Waals surface area contributed by atoms with E-state index >= 15 is 0 Å². The van der Waals surface area contributed by atoms with Crippen LogP contribution < -0.4 is 10.6 Å². The predicted molar refractivity (Wildman–Crippen MR) is 189 cm³/mol. The van der Waals surface area contributed by atoms with Gasteiger partial charge < -0.3 is 35.8 Å². The van der Waals surface area contributed by atoms with Crippen LogP contribution in [-0.2, 0) is 11.2 Å². The molecule has 1 aliphatic rings. The van der Waals surface area contributed by atoms with Gasteiger partial charge in [0.25, 0.3) is 0 Å². The fourth-order valence-corrected chi connectivity index (χ4v) is 6.04. The van der Waals surface area contributed by atoms with Gasteiger partial charge in [0.05, 0.1) is 11.9 Å². The van der Waals surface area contributed by atoms with Crippen LogP contribution in [0.1, 0.15) is 67.8 Å². The van der Waals surface area contributed by atoms with Crippen molar-refractivity contribution >= 4 is 16.7 Å². The molecule has 0 bridgehead atoms. The number of rotatable bonds is 20. The zero-order valence-electron chi connectivity index (χ0n) is 27.5. The maximum absolute atomic E-state index is 11.4. The van der Waals surface area contributed by atoms with Crippen molar-refractivity contribution < 1.29 is 30.0 Å². The molecule has 2 atom stereocenters. The molecule has 0 aliphatic heterocycles. The van der Waals surface area contributed by atoms with Crippen LogP contribution in [0.15, 0.2) is 90.4 Å². The Morgan fingerprint density at radius 3 is 2.43 bits per heavy atom. The van der Waals surface area contributed by atoms with Gasteiger partial charge in [-0.15, -0.1) is 0 Å². The lowest BCUT2D eigenvalue weighted by Gasteiger charge is -2.26. The van der Waals surface area contributed by atoms with E-state index in [1.807, 2.05) is 31.2 Å². The van der Waals surface area contributed by atoms with Crippen molar-refractivity contribution in [3.63, 3.8) is 0 Å². The van der Waals surface area contributed by atoms with Crippen LogP contribution in [-0.4, -0.2) is 65.3 Å². The summed E-state index contributed by atoms with van der Waals surface area (Å²) < 4.78 is 5.85. The Balaban J connectivity index is 1.04. The number of carboxylic acid groups (broad SMARTS) is 1. The number of phenols is 1. The second-order valence-electron chi connectivity index (χ2n) is 12.4. The molecular formula is C39H50N2O6. The zero-order valence-corrected chi connectivity index (χ0v) is 27.5. The minimum atomic E-state index is -1.14. The van der Waals surface area contributed by atoms with Gasteiger partial charge in [0, 0.05) is 43.7 Å². The van der Waals surface area contributed by atoms with E-state index in [9.17, 15) is 25.2 Å². The highest BCUT2D eigenvalue weighted by atomic mass is 16.5. The molecule has 1 aliphatic carbocycles. The number of aromatic hydroxyl groups is 1. The second-order valence-corrected chi connectivity index (χ2v) is 12.4. The van der Waals surface area contributed by atoms with Crippen molar-refractivity contribution in [2.24, 2.45) is 5.92 Å². The smallest absolute Gasteiger partial charge is 0.339 e. The van der Waals surface area contributed by atoms with Gasteiger partial charge in [0.1, 0.15) is 11.3 Å².